The smallest absolute Gasteiger partial charge is 0.338 e. The number of carbonyl (C=O) groups is 2. The SMILES string of the molecule is C=CC(=O)OCCc1ccc(-c2ccc(OC(=O)C(=C)C)cc2)cc1. The van der Waals surface area contributed by atoms with Gasteiger partial charge in [-0.2, -0.15) is 0 Å². The van der Waals surface area contributed by atoms with Crippen LogP contribution >= 0.6 is 0 Å². The fourth-order valence-electron chi connectivity index (χ4n) is 2.10. The molecule has 0 bridgehead atoms. The summed E-state index contributed by atoms with van der Waals surface area (Å²) in [4.78, 5) is 22.5. The number of benzene rings is 2. The molecular formula is C21H20O4. The number of esters is 2. The monoisotopic (exact) mass is 336 g/mol. The summed E-state index contributed by atoms with van der Waals surface area (Å²) in [5.41, 5.74) is 3.50. The molecule has 0 aromatic heterocycles. The van der Waals surface area contributed by atoms with Gasteiger partial charge in [0.2, 0.25) is 0 Å². The van der Waals surface area contributed by atoms with Crippen LogP contribution in [0.4, 0.5) is 0 Å². The Balaban J connectivity index is 1.97. The predicted octanol–water partition coefficient (Wildman–Crippen LogP) is 4.11. The zero-order chi connectivity index (χ0) is 18.2. The summed E-state index contributed by atoms with van der Waals surface area (Å²) in [5, 5.41) is 0. The molecule has 25 heavy (non-hydrogen) atoms. The van der Waals surface area contributed by atoms with Crippen LogP contribution in [0.3, 0.4) is 0 Å². The van der Waals surface area contributed by atoms with E-state index in [0.717, 1.165) is 22.8 Å². The summed E-state index contributed by atoms with van der Waals surface area (Å²) in [6, 6.07) is 15.3. The van der Waals surface area contributed by atoms with Crippen molar-refractivity contribution in [2.24, 2.45) is 0 Å². The minimum atomic E-state index is -0.436. The largest absolute Gasteiger partial charge is 0.462 e. The Morgan fingerprint density at radius 1 is 1.00 bits per heavy atom. The normalized spacial score (nSPS) is 9.96. The van der Waals surface area contributed by atoms with E-state index < -0.39 is 11.9 Å². The molecule has 2 aromatic carbocycles. The summed E-state index contributed by atoms with van der Waals surface area (Å²) < 4.78 is 10.1. The van der Waals surface area contributed by atoms with Crippen LogP contribution in [-0.4, -0.2) is 18.5 Å². The summed E-state index contributed by atoms with van der Waals surface area (Å²) in [5.74, 6) is -0.365. The standard InChI is InChI=1S/C21H20O4/c1-4-20(22)24-14-13-16-5-7-17(8-6-16)18-9-11-19(12-10-18)25-21(23)15(2)3/h4-12H,1-2,13-14H2,3H3. The van der Waals surface area contributed by atoms with Crippen LogP contribution in [0.2, 0.25) is 0 Å². The van der Waals surface area contributed by atoms with Crippen LogP contribution in [0.15, 0.2) is 73.3 Å². The lowest BCUT2D eigenvalue weighted by molar-refractivity contribution is -0.137. The quantitative estimate of drug-likeness (QED) is 0.434. The second-order valence-corrected chi connectivity index (χ2v) is 5.51. The highest BCUT2D eigenvalue weighted by molar-refractivity contribution is 5.88. The van der Waals surface area contributed by atoms with E-state index in [1.807, 2.05) is 36.4 Å². The van der Waals surface area contributed by atoms with Gasteiger partial charge in [0.05, 0.1) is 6.61 Å². The first-order valence-electron chi connectivity index (χ1n) is 7.86. The topological polar surface area (TPSA) is 52.6 Å². The van der Waals surface area contributed by atoms with E-state index in [1.54, 1.807) is 19.1 Å². The van der Waals surface area contributed by atoms with E-state index in [4.69, 9.17) is 9.47 Å². The maximum Gasteiger partial charge on any atom is 0.338 e. The third-order valence-corrected chi connectivity index (χ3v) is 3.50. The number of carbonyl (C=O) groups excluding carboxylic acids is 2. The van der Waals surface area contributed by atoms with Crippen LogP contribution < -0.4 is 4.74 Å². The average molecular weight is 336 g/mol. The van der Waals surface area contributed by atoms with E-state index in [1.165, 1.54) is 0 Å². The number of rotatable bonds is 7. The molecule has 0 unspecified atom stereocenters. The molecule has 0 radical (unpaired) electrons. The van der Waals surface area contributed by atoms with Gasteiger partial charge in [-0.3, -0.25) is 0 Å². The summed E-state index contributed by atoms with van der Waals surface area (Å²) in [7, 11) is 0. The second kappa shape index (κ2) is 8.64. The average Bonchev–Trinajstić information content (AvgIpc) is 2.62. The first-order valence-corrected chi connectivity index (χ1v) is 7.86. The first kappa shape index (κ1) is 18.2. The number of hydrogen-bond acceptors (Lipinski definition) is 4. The molecule has 4 heteroatoms. The highest BCUT2D eigenvalue weighted by atomic mass is 16.5. The molecule has 0 amide bonds. The fraction of sp³-hybridized carbons (Fsp3) is 0.143. The molecule has 0 aliphatic rings. The third-order valence-electron chi connectivity index (χ3n) is 3.50. The van der Waals surface area contributed by atoms with Gasteiger partial charge in [0.25, 0.3) is 0 Å². The lowest BCUT2D eigenvalue weighted by atomic mass is 10.0. The van der Waals surface area contributed by atoms with Crippen molar-refractivity contribution in [1.82, 2.24) is 0 Å². The summed E-state index contributed by atoms with van der Waals surface area (Å²) in [6.07, 6.45) is 1.80. The van der Waals surface area contributed by atoms with Crippen molar-refractivity contribution in [3.63, 3.8) is 0 Å². The lowest BCUT2D eigenvalue weighted by Gasteiger charge is -2.07. The molecule has 0 N–H and O–H groups in total. The summed E-state index contributed by atoms with van der Waals surface area (Å²) >= 11 is 0. The number of ether oxygens (including phenoxy) is 2. The van der Waals surface area contributed by atoms with Crippen LogP contribution in [0.1, 0.15) is 12.5 Å². The molecule has 0 fully saturated rings. The third kappa shape index (κ3) is 5.46. The van der Waals surface area contributed by atoms with E-state index in [-0.39, 0.29) is 0 Å². The number of hydrogen-bond donors (Lipinski definition) is 0. The molecule has 2 rings (SSSR count). The van der Waals surface area contributed by atoms with Crippen molar-refractivity contribution in [3.8, 4) is 16.9 Å². The molecular weight excluding hydrogens is 316 g/mol. The van der Waals surface area contributed by atoms with E-state index in [0.29, 0.717) is 24.4 Å². The Bertz CT molecular complexity index is 771. The van der Waals surface area contributed by atoms with Gasteiger partial charge in [-0.15, -0.1) is 0 Å². The second-order valence-electron chi connectivity index (χ2n) is 5.51. The van der Waals surface area contributed by atoms with Crippen molar-refractivity contribution < 1.29 is 19.1 Å². The van der Waals surface area contributed by atoms with Crippen molar-refractivity contribution in [2.45, 2.75) is 13.3 Å². The Morgan fingerprint density at radius 2 is 1.56 bits per heavy atom. The molecule has 0 aliphatic carbocycles. The van der Waals surface area contributed by atoms with E-state index in [9.17, 15) is 9.59 Å². The highest BCUT2D eigenvalue weighted by Gasteiger charge is 2.06. The zero-order valence-corrected chi connectivity index (χ0v) is 14.2. The maximum atomic E-state index is 11.5. The Labute approximate surface area is 147 Å². The molecule has 2 aromatic rings. The lowest BCUT2D eigenvalue weighted by Crippen LogP contribution is -2.07. The van der Waals surface area contributed by atoms with Gasteiger partial charge in [-0.1, -0.05) is 49.6 Å². The minimum Gasteiger partial charge on any atom is -0.462 e. The van der Waals surface area contributed by atoms with Gasteiger partial charge in [0.15, 0.2) is 0 Å². The molecule has 0 atom stereocenters. The van der Waals surface area contributed by atoms with Crippen molar-refractivity contribution in [3.05, 3.63) is 78.9 Å². The fourth-order valence-corrected chi connectivity index (χ4v) is 2.10. The highest BCUT2D eigenvalue weighted by Crippen LogP contribution is 2.23. The van der Waals surface area contributed by atoms with Crippen molar-refractivity contribution in [1.29, 1.82) is 0 Å². The van der Waals surface area contributed by atoms with Crippen LogP contribution in [-0.2, 0) is 20.7 Å². The Morgan fingerprint density at radius 3 is 2.08 bits per heavy atom. The van der Waals surface area contributed by atoms with Crippen LogP contribution in [0, 0.1) is 0 Å². The summed E-state index contributed by atoms with van der Waals surface area (Å²) in [6.45, 7) is 8.84. The molecule has 0 heterocycles. The van der Waals surface area contributed by atoms with Crippen molar-refractivity contribution in [2.75, 3.05) is 6.61 Å². The van der Waals surface area contributed by atoms with Crippen LogP contribution in [0.25, 0.3) is 11.1 Å². The van der Waals surface area contributed by atoms with E-state index in [2.05, 4.69) is 13.2 Å². The molecule has 128 valence electrons. The minimum absolute atomic E-state index is 0.326. The van der Waals surface area contributed by atoms with Crippen molar-refractivity contribution >= 4 is 11.9 Å². The van der Waals surface area contributed by atoms with Gasteiger partial charge in [-0.25, -0.2) is 9.59 Å². The van der Waals surface area contributed by atoms with Gasteiger partial charge >= 0.3 is 11.9 Å². The molecule has 0 saturated heterocycles. The molecule has 0 spiro atoms. The molecule has 4 nitrogen and oxygen atoms in total. The van der Waals surface area contributed by atoms with Gasteiger partial charge in [0, 0.05) is 18.1 Å². The van der Waals surface area contributed by atoms with Gasteiger partial charge in [-0.05, 0) is 35.7 Å². The predicted molar refractivity (Wildman–Crippen MR) is 97.2 cm³/mol. The van der Waals surface area contributed by atoms with Gasteiger partial charge in [0.1, 0.15) is 5.75 Å². The van der Waals surface area contributed by atoms with E-state index >= 15 is 0 Å². The first-order chi connectivity index (χ1) is 12.0. The maximum absolute atomic E-state index is 11.5. The van der Waals surface area contributed by atoms with Gasteiger partial charge < -0.3 is 9.47 Å². The molecule has 0 saturated carbocycles. The Hall–Kier alpha value is -3.14. The Kier molecular flexibility index (Phi) is 6.29. The molecule has 0 aliphatic heterocycles. The zero-order valence-electron chi connectivity index (χ0n) is 14.2. The van der Waals surface area contributed by atoms with Crippen LogP contribution in [0.5, 0.6) is 5.75 Å².